The molecule has 21 heavy (non-hydrogen) atoms. The fourth-order valence-corrected chi connectivity index (χ4v) is 4.75. The fraction of sp³-hybridized carbons (Fsp3) is 0.200. The maximum atomic E-state index is 8.66. The van der Waals surface area contributed by atoms with E-state index in [0.717, 1.165) is 4.47 Å². The summed E-state index contributed by atoms with van der Waals surface area (Å²) in [4.78, 5) is 14.8. The molecule has 0 amide bonds. The Morgan fingerprint density at radius 3 is 1.86 bits per heavy atom. The summed E-state index contributed by atoms with van der Waals surface area (Å²) in [7, 11) is 0. The van der Waals surface area contributed by atoms with E-state index in [1.807, 2.05) is 18.3 Å². The van der Waals surface area contributed by atoms with Crippen LogP contribution in [0, 0.1) is 22.7 Å². The van der Waals surface area contributed by atoms with Crippen molar-refractivity contribution in [3.05, 3.63) is 52.5 Å². The van der Waals surface area contributed by atoms with Gasteiger partial charge in [-0.3, -0.25) is 4.98 Å². The van der Waals surface area contributed by atoms with Gasteiger partial charge in [-0.25, -0.2) is 0 Å². The summed E-state index contributed by atoms with van der Waals surface area (Å²) in [5.74, 6) is 0. The first kappa shape index (κ1) is 17.6. The van der Waals surface area contributed by atoms with Gasteiger partial charge in [0.2, 0.25) is 0 Å². The van der Waals surface area contributed by atoms with Crippen LogP contribution in [0.4, 0.5) is 0 Å². The van der Waals surface area contributed by atoms with Crippen LogP contribution in [-0.2, 0) is 0 Å². The normalized spacial score (nSPS) is 9.81. The number of halogens is 1. The van der Waals surface area contributed by atoms with Crippen LogP contribution in [0.1, 0.15) is 11.1 Å². The molecule has 4 nitrogen and oxygen atoms in total. The Morgan fingerprint density at radius 2 is 1.43 bits per heavy atom. The molecule has 0 spiro atoms. The van der Waals surface area contributed by atoms with Crippen LogP contribution in [0.15, 0.2) is 41.4 Å². The molecule has 0 aliphatic heterocycles. The maximum absolute atomic E-state index is 8.66. The Hall–Kier alpha value is -1.44. The van der Waals surface area contributed by atoms with Crippen molar-refractivity contribution in [3.63, 3.8) is 0 Å². The van der Waals surface area contributed by atoms with Crippen molar-refractivity contribution in [3.8, 4) is 12.1 Å². The number of pyridine rings is 2. The van der Waals surface area contributed by atoms with Crippen molar-refractivity contribution in [1.82, 2.24) is 9.97 Å². The Kier molecular flexibility index (Phi) is 6.80. The Bertz CT molecular complexity index is 696. The molecular weight excluding hydrogens is 435 g/mol. The molecule has 0 fully saturated rings. The molecule has 0 aliphatic carbocycles. The van der Waals surface area contributed by atoms with Crippen LogP contribution < -0.4 is 3.58 Å². The summed E-state index contributed by atoms with van der Waals surface area (Å²) in [5.41, 5.74) is 1.25. The molecule has 0 unspecified atom stereocenters. The van der Waals surface area contributed by atoms with Crippen LogP contribution >= 0.6 is 15.9 Å². The van der Waals surface area contributed by atoms with Crippen LogP contribution in [-0.4, -0.2) is 28.3 Å². The van der Waals surface area contributed by atoms with E-state index in [0.29, 0.717) is 11.1 Å². The number of hydrogen-bond donors (Lipinski definition) is 0. The first-order chi connectivity index (χ1) is 9.86. The fourth-order valence-electron chi connectivity index (χ4n) is 1.38. The predicted octanol–water partition coefficient (Wildman–Crippen LogP) is 3.21. The molecule has 0 aliphatic rings. The standard InChI is InChI=1S/C6H3BrN2.C6H3N2.3CH3.Sn/c7-6-1-5(2-8)3-9-4-6;7-4-6-2-1-3-8-5-6;;;;/h1,3-4H;2-3,5H;3*1H3;. The molecule has 0 aromatic carbocycles. The molecule has 0 atom stereocenters. The molecule has 2 aromatic heterocycles. The minimum absolute atomic E-state index is 0.573. The SMILES string of the molecule is N#Cc1cncc(Br)c1.[CH3][Sn]([CH3])([CH3])[c]1cncc(C#N)c1. The molecule has 0 radical (unpaired) electrons. The summed E-state index contributed by atoms with van der Waals surface area (Å²) < 4.78 is 2.14. The van der Waals surface area contributed by atoms with Crippen LogP contribution in [0.3, 0.4) is 0 Å². The zero-order valence-corrected chi connectivity index (χ0v) is 16.6. The molecule has 6 heteroatoms. The third kappa shape index (κ3) is 6.24. The number of rotatable bonds is 1. The van der Waals surface area contributed by atoms with E-state index in [-0.39, 0.29) is 0 Å². The second kappa shape index (κ2) is 8.11. The average molecular weight is 450 g/mol. The molecule has 0 bridgehead atoms. The molecule has 0 saturated heterocycles. The minimum atomic E-state index is -1.99. The van der Waals surface area contributed by atoms with E-state index in [9.17, 15) is 0 Å². The van der Waals surface area contributed by atoms with Crippen LogP contribution in [0.5, 0.6) is 0 Å². The van der Waals surface area contributed by atoms with Crippen molar-refractivity contribution >= 4 is 37.9 Å². The Balaban J connectivity index is 0.000000219. The van der Waals surface area contributed by atoms with E-state index in [1.165, 1.54) is 9.78 Å². The molecular formula is C15H15BrN4Sn. The zero-order valence-electron chi connectivity index (χ0n) is 12.1. The van der Waals surface area contributed by atoms with Gasteiger partial charge in [0.15, 0.2) is 0 Å². The van der Waals surface area contributed by atoms with Crippen molar-refractivity contribution in [2.24, 2.45) is 0 Å². The second-order valence-electron chi connectivity index (χ2n) is 5.33. The van der Waals surface area contributed by atoms with E-state index in [1.54, 1.807) is 18.5 Å². The summed E-state index contributed by atoms with van der Waals surface area (Å²) in [6, 6.07) is 7.78. The van der Waals surface area contributed by atoms with E-state index < -0.39 is 18.4 Å². The van der Waals surface area contributed by atoms with Crippen molar-refractivity contribution < 1.29 is 0 Å². The van der Waals surface area contributed by atoms with Crippen molar-refractivity contribution in [2.45, 2.75) is 14.8 Å². The first-order valence-corrected chi connectivity index (χ1v) is 17.0. The van der Waals surface area contributed by atoms with Gasteiger partial charge in [-0.15, -0.1) is 0 Å². The van der Waals surface area contributed by atoms with Gasteiger partial charge in [0.05, 0.1) is 5.56 Å². The van der Waals surface area contributed by atoms with Crippen molar-refractivity contribution in [1.29, 1.82) is 10.5 Å². The molecule has 0 saturated carbocycles. The zero-order chi connectivity index (χ0) is 15.9. The van der Waals surface area contributed by atoms with Gasteiger partial charge in [-0.05, 0) is 22.0 Å². The van der Waals surface area contributed by atoms with Gasteiger partial charge in [0.25, 0.3) is 0 Å². The summed E-state index contributed by atoms with van der Waals surface area (Å²) in [6.45, 7) is 0. The van der Waals surface area contributed by atoms with Crippen LogP contribution in [0.2, 0.25) is 14.8 Å². The molecule has 2 aromatic rings. The van der Waals surface area contributed by atoms with Gasteiger partial charge in [0.1, 0.15) is 6.07 Å². The van der Waals surface area contributed by atoms with Gasteiger partial charge < -0.3 is 0 Å². The summed E-state index contributed by atoms with van der Waals surface area (Å²) in [5, 5.41) is 17.0. The van der Waals surface area contributed by atoms with E-state index in [4.69, 9.17) is 10.5 Å². The summed E-state index contributed by atoms with van der Waals surface area (Å²) >= 11 is 1.20. The Morgan fingerprint density at radius 1 is 0.905 bits per heavy atom. The third-order valence-electron chi connectivity index (χ3n) is 2.57. The van der Waals surface area contributed by atoms with Gasteiger partial charge in [-0.2, -0.15) is 5.26 Å². The van der Waals surface area contributed by atoms with Crippen molar-refractivity contribution in [2.75, 3.05) is 0 Å². The molecule has 2 rings (SSSR count). The Labute approximate surface area is 137 Å². The summed E-state index contributed by atoms with van der Waals surface area (Å²) in [6.07, 6.45) is 6.67. The predicted molar refractivity (Wildman–Crippen MR) is 88.6 cm³/mol. The van der Waals surface area contributed by atoms with Crippen LogP contribution in [0.25, 0.3) is 0 Å². The number of nitriles is 2. The molecule has 0 N–H and O–H groups in total. The van der Waals surface area contributed by atoms with E-state index >= 15 is 0 Å². The molecule has 2 heterocycles. The van der Waals surface area contributed by atoms with Gasteiger partial charge in [-0.1, -0.05) is 0 Å². The topological polar surface area (TPSA) is 73.4 Å². The number of hydrogen-bond acceptors (Lipinski definition) is 4. The quantitative estimate of drug-likeness (QED) is 0.626. The van der Waals surface area contributed by atoms with E-state index in [2.05, 4.69) is 46.8 Å². The van der Waals surface area contributed by atoms with Gasteiger partial charge >= 0.3 is 77.1 Å². The number of aromatic nitrogens is 2. The first-order valence-electron chi connectivity index (χ1n) is 6.23. The molecule has 106 valence electrons. The second-order valence-corrected chi connectivity index (χ2v) is 20.7. The number of nitrogens with zero attached hydrogens (tertiary/aromatic N) is 4. The monoisotopic (exact) mass is 450 g/mol. The van der Waals surface area contributed by atoms with Gasteiger partial charge in [0, 0.05) is 16.9 Å². The third-order valence-corrected chi connectivity index (χ3v) is 8.72. The average Bonchev–Trinajstić information content (AvgIpc) is 2.47.